The lowest BCUT2D eigenvalue weighted by atomic mass is 9.95. The summed E-state index contributed by atoms with van der Waals surface area (Å²) < 4.78 is 5.26. The van der Waals surface area contributed by atoms with Crippen LogP contribution >= 0.6 is 0 Å². The van der Waals surface area contributed by atoms with Crippen LogP contribution < -0.4 is 10.6 Å². The molecule has 1 saturated heterocycles. The molecular formula is C11H22N2O2. The maximum atomic E-state index is 11.9. The number of amides is 1. The molecule has 0 saturated carbocycles. The van der Waals surface area contributed by atoms with Gasteiger partial charge in [0.05, 0.1) is 13.2 Å². The first-order valence-corrected chi connectivity index (χ1v) is 5.74. The lowest BCUT2D eigenvalue weighted by Crippen LogP contribution is -2.56. The van der Waals surface area contributed by atoms with Gasteiger partial charge >= 0.3 is 0 Å². The second kappa shape index (κ2) is 5.47. The summed E-state index contributed by atoms with van der Waals surface area (Å²) in [4.78, 5) is 11.9. The molecular weight excluding hydrogens is 192 g/mol. The normalized spacial score (nSPS) is 22.5. The van der Waals surface area contributed by atoms with Gasteiger partial charge in [-0.1, -0.05) is 13.8 Å². The van der Waals surface area contributed by atoms with Crippen molar-refractivity contribution in [3.63, 3.8) is 0 Å². The SMILES string of the molecule is CCC(C)(CC)NC(=O)C1COCCN1. The van der Waals surface area contributed by atoms with Gasteiger partial charge < -0.3 is 15.4 Å². The Labute approximate surface area is 91.8 Å². The summed E-state index contributed by atoms with van der Waals surface area (Å²) in [5, 5.41) is 6.23. The summed E-state index contributed by atoms with van der Waals surface area (Å²) in [5.41, 5.74) is -0.0871. The highest BCUT2D eigenvalue weighted by molar-refractivity contribution is 5.82. The molecule has 1 aliphatic rings. The molecule has 1 atom stereocenters. The van der Waals surface area contributed by atoms with Crippen molar-refractivity contribution < 1.29 is 9.53 Å². The van der Waals surface area contributed by atoms with E-state index in [4.69, 9.17) is 4.74 Å². The minimum Gasteiger partial charge on any atom is -0.378 e. The average Bonchev–Trinajstić information content (AvgIpc) is 2.30. The molecule has 0 aromatic carbocycles. The highest BCUT2D eigenvalue weighted by atomic mass is 16.5. The van der Waals surface area contributed by atoms with E-state index in [0.29, 0.717) is 13.2 Å². The Morgan fingerprint density at radius 1 is 1.53 bits per heavy atom. The highest BCUT2D eigenvalue weighted by Gasteiger charge is 2.27. The second-order valence-corrected chi connectivity index (χ2v) is 4.34. The number of carbonyl (C=O) groups is 1. The van der Waals surface area contributed by atoms with E-state index >= 15 is 0 Å². The molecule has 4 nitrogen and oxygen atoms in total. The van der Waals surface area contributed by atoms with Gasteiger partial charge in [-0.2, -0.15) is 0 Å². The van der Waals surface area contributed by atoms with Gasteiger partial charge in [-0.05, 0) is 19.8 Å². The van der Waals surface area contributed by atoms with Crippen LogP contribution in [-0.4, -0.2) is 37.2 Å². The Balaban J connectivity index is 2.46. The zero-order chi connectivity index (χ0) is 11.3. The Hall–Kier alpha value is -0.610. The first kappa shape index (κ1) is 12.5. The number of hydrogen-bond acceptors (Lipinski definition) is 3. The fraction of sp³-hybridized carbons (Fsp3) is 0.909. The summed E-state index contributed by atoms with van der Waals surface area (Å²) in [6.45, 7) is 8.20. The van der Waals surface area contributed by atoms with Gasteiger partial charge in [0.15, 0.2) is 0 Å². The van der Waals surface area contributed by atoms with E-state index in [9.17, 15) is 4.79 Å². The predicted molar refractivity (Wildman–Crippen MR) is 59.7 cm³/mol. The summed E-state index contributed by atoms with van der Waals surface area (Å²) in [6, 6.07) is -0.184. The number of rotatable bonds is 4. The molecule has 2 N–H and O–H groups in total. The van der Waals surface area contributed by atoms with Crippen LogP contribution in [-0.2, 0) is 9.53 Å². The van der Waals surface area contributed by atoms with Crippen LogP contribution in [0.1, 0.15) is 33.6 Å². The smallest absolute Gasteiger partial charge is 0.239 e. The molecule has 0 aromatic rings. The number of hydrogen-bond donors (Lipinski definition) is 2. The molecule has 15 heavy (non-hydrogen) atoms. The topological polar surface area (TPSA) is 50.4 Å². The predicted octanol–water partition coefficient (Wildman–Crippen LogP) is 0.670. The summed E-state index contributed by atoms with van der Waals surface area (Å²) in [5.74, 6) is 0.0564. The Bertz CT molecular complexity index is 209. The van der Waals surface area contributed by atoms with Crippen molar-refractivity contribution in [3.05, 3.63) is 0 Å². The molecule has 1 unspecified atom stereocenters. The van der Waals surface area contributed by atoms with Crippen LogP contribution in [0.4, 0.5) is 0 Å². The third-order valence-corrected chi connectivity index (χ3v) is 3.22. The van der Waals surface area contributed by atoms with E-state index in [-0.39, 0.29) is 17.5 Å². The molecule has 0 bridgehead atoms. The van der Waals surface area contributed by atoms with Crippen molar-refractivity contribution in [2.75, 3.05) is 19.8 Å². The Morgan fingerprint density at radius 3 is 2.67 bits per heavy atom. The standard InChI is InChI=1S/C11H22N2O2/c1-4-11(3,5-2)13-10(14)9-8-15-7-6-12-9/h9,12H,4-8H2,1-3H3,(H,13,14). The summed E-state index contributed by atoms with van der Waals surface area (Å²) >= 11 is 0. The molecule has 1 aliphatic heterocycles. The first-order valence-electron chi connectivity index (χ1n) is 5.74. The van der Waals surface area contributed by atoms with Gasteiger partial charge in [0.25, 0.3) is 0 Å². The molecule has 1 fully saturated rings. The third kappa shape index (κ3) is 3.47. The van der Waals surface area contributed by atoms with Gasteiger partial charge in [0.1, 0.15) is 6.04 Å². The number of morpholine rings is 1. The minimum absolute atomic E-state index is 0.0564. The van der Waals surface area contributed by atoms with Crippen molar-refractivity contribution in [1.29, 1.82) is 0 Å². The van der Waals surface area contributed by atoms with Crippen molar-refractivity contribution in [3.8, 4) is 0 Å². The van der Waals surface area contributed by atoms with Crippen LogP contribution in [0.3, 0.4) is 0 Å². The van der Waals surface area contributed by atoms with Crippen LogP contribution in [0.2, 0.25) is 0 Å². The average molecular weight is 214 g/mol. The van der Waals surface area contributed by atoms with Crippen molar-refractivity contribution >= 4 is 5.91 Å². The molecule has 0 aromatic heterocycles. The van der Waals surface area contributed by atoms with Crippen LogP contribution in [0.25, 0.3) is 0 Å². The fourth-order valence-corrected chi connectivity index (χ4v) is 1.55. The van der Waals surface area contributed by atoms with Crippen molar-refractivity contribution in [2.24, 2.45) is 0 Å². The third-order valence-electron chi connectivity index (χ3n) is 3.22. The van der Waals surface area contributed by atoms with E-state index in [0.717, 1.165) is 19.4 Å². The van der Waals surface area contributed by atoms with Gasteiger partial charge in [0.2, 0.25) is 5.91 Å². The monoisotopic (exact) mass is 214 g/mol. The first-order chi connectivity index (χ1) is 7.11. The van der Waals surface area contributed by atoms with E-state index in [1.54, 1.807) is 0 Å². The van der Waals surface area contributed by atoms with Gasteiger partial charge in [-0.15, -0.1) is 0 Å². The lowest BCUT2D eigenvalue weighted by molar-refractivity contribution is -0.127. The van der Waals surface area contributed by atoms with Gasteiger partial charge in [-0.3, -0.25) is 4.79 Å². The number of carbonyl (C=O) groups excluding carboxylic acids is 1. The zero-order valence-corrected chi connectivity index (χ0v) is 9.93. The number of nitrogens with one attached hydrogen (secondary N) is 2. The van der Waals surface area contributed by atoms with Gasteiger partial charge in [-0.25, -0.2) is 0 Å². The molecule has 0 aliphatic carbocycles. The molecule has 0 radical (unpaired) electrons. The fourth-order valence-electron chi connectivity index (χ4n) is 1.55. The molecule has 4 heteroatoms. The summed E-state index contributed by atoms with van der Waals surface area (Å²) in [6.07, 6.45) is 1.89. The highest BCUT2D eigenvalue weighted by Crippen LogP contribution is 2.13. The molecule has 88 valence electrons. The van der Waals surface area contributed by atoms with Gasteiger partial charge in [0, 0.05) is 12.1 Å². The van der Waals surface area contributed by atoms with E-state index in [1.807, 2.05) is 0 Å². The van der Waals surface area contributed by atoms with Crippen molar-refractivity contribution in [1.82, 2.24) is 10.6 Å². The molecule has 1 rings (SSSR count). The quantitative estimate of drug-likeness (QED) is 0.723. The Kier molecular flexibility index (Phi) is 4.54. The Morgan fingerprint density at radius 2 is 2.20 bits per heavy atom. The van der Waals surface area contributed by atoms with E-state index in [2.05, 4.69) is 31.4 Å². The maximum Gasteiger partial charge on any atom is 0.239 e. The van der Waals surface area contributed by atoms with Crippen LogP contribution in [0.5, 0.6) is 0 Å². The zero-order valence-electron chi connectivity index (χ0n) is 9.93. The maximum absolute atomic E-state index is 11.9. The second-order valence-electron chi connectivity index (χ2n) is 4.34. The molecule has 0 spiro atoms. The summed E-state index contributed by atoms with van der Waals surface area (Å²) in [7, 11) is 0. The minimum atomic E-state index is -0.184. The number of ether oxygens (including phenoxy) is 1. The molecule has 1 heterocycles. The molecule has 1 amide bonds. The van der Waals surface area contributed by atoms with Crippen LogP contribution in [0.15, 0.2) is 0 Å². The van der Waals surface area contributed by atoms with E-state index in [1.165, 1.54) is 0 Å². The largest absolute Gasteiger partial charge is 0.378 e. The lowest BCUT2D eigenvalue weighted by Gasteiger charge is -2.32. The van der Waals surface area contributed by atoms with Crippen LogP contribution in [0, 0.1) is 0 Å². The van der Waals surface area contributed by atoms with E-state index < -0.39 is 0 Å². The van der Waals surface area contributed by atoms with Crippen molar-refractivity contribution in [2.45, 2.75) is 45.2 Å².